The molecule has 0 aromatic carbocycles. The van der Waals surface area contributed by atoms with Gasteiger partial charge in [-0.1, -0.05) is 0 Å². The van der Waals surface area contributed by atoms with Crippen molar-refractivity contribution in [2.75, 3.05) is 13.2 Å². The predicted molar refractivity (Wildman–Crippen MR) is 62.8 cm³/mol. The summed E-state index contributed by atoms with van der Waals surface area (Å²) in [5.41, 5.74) is 0.595. The Morgan fingerprint density at radius 1 is 1.19 bits per heavy atom. The van der Waals surface area contributed by atoms with Crippen molar-refractivity contribution in [2.45, 2.75) is 32.3 Å². The largest absolute Gasteiger partial charge is 0.474 e. The molecule has 0 amide bonds. The van der Waals surface area contributed by atoms with Gasteiger partial charge < -0.3 is 9.47 Å². The van der Waals surface area contributed by atoms with Crippen LogP contribution in [-0.2, 0) is 10.6 Å². The smallest absolute Gasteiger partial charge is 0.233 e. The lowest BCUT2D eigenvalue weighted by Gasteiger charge is -2.19. The van der Waals surface area contributed by atoms with Crippen molar-refractivity contribution in [3.63, 3.8) is 0 Å². The van der Waals surface area contributed by atoms with Crippen LogP contribution in [0.1, 0.15) is 26.5 Å². The minimum absolute atomic E-state index is 0.141. The molecule has 90 valence electrons. The summed E-state index contributed by atoms with van der Waals surface area (Å²) < 4.78 is 10.9. The second kappa shape index (κ2) is 6.01. The number of alkyl halides is 1. The van der Waals surface area contributed by atoms with Gasteiger partial charge in [0.15, 0.2) is 0 Å². The highest BCUT2D eigenvalue weighted by Crippen LogP contribution is 2.08. The first-order valence-corrected chi connectivity index (χ1v) is 5.70. The van der Waals surface area contributed by atoms with Crippen LogP contribution in [0.25, 0.3) is 0 Å². The third-order valence-corrected chi connectivity index (χ3v) is 1.97. The molecule has 1 aromatic heterocycles. The Morgan fingerprint density at radius 2 is 1.94 bits per heavy atom. The van der Waals surface area contributed by atoms with Crippen LogP contribution in [-0.4, -0.2) is 29.0 Å². The van der Waals surface area contributed by atoms with Crippen molar-refractivity contribution >= 4 is 11.6 Å². The normalized spacial score (nSPS) is 11.5. The van der Waals surface area contributed by atoms with E-state index in [2.05, 4.69) is 10.2 Å². The van der Waals surface area contributed by atoms with E-state index in [0.29, 0.717) is 25.0 Å². The fraction of sp³-hybridized carbons (Fsp3) is 0.636. The van der Waals surface area contributed by atoms with Crippen molar-refractivity contribution < 1.29 is 9.47 Å². The molecular weight excluding hydrogens is 228 g/mol. The van der Waals surface area contributed by atoms with Crippen LogP contribution < -0.4 is 4.74 Å². The average Bonchev–Trinajstić information content (AvgIpc) is 2.24. The predicted octanol–water partition coefficient (Wildman–Crippen LogP) is 2.41. The second-order valence-electron chi connectivity index (χ2n) is 4.31. The number of nitrogens with zero attached hydrogens (tertiary/aromatic N) is 2. The first-order chi connectivity index (χ1) is 7.51. The van der Waals surface area contributed by atoms with Gasteiger partial charge in [0.2, 0.25) is 5.88 Å². The van der Waals surface area contributed by atoms with Crippen LogP contribution in [0, 0.1) is 0 Å². The van der Waals surface area contributed by atoms with Crippen molar-refractivity contribution in [1.29, 1.82) is 0 Å². The van der Waals surface area contributed by atoms with Crippen LogP contribution in [0.4, 0.5) is 0 Å². The first kappa shape index (κ1) is 13.2. The third-order valence-electron chi connectivity index (χ3n) is 1.70. The number of hydrogen-bond acceptors (Lipinski definition) is 4. The number of halogens is 1. The summed E-state index contributed by atoms with van der Waals surface area (Å²) >= 11 is 5.59. The lowest BCUT2D eigenvalue weighted by atomic mass is 10.2. The van der Waals surface area contributed by atoms with Gasteiger partial charge >= 0.3 is 0 Å². The Bertz CT molecular complexity index is 309. The molecule has 0 saturated heterocycles. The molecular formula is C11H17ClN2O2. The standard InChI is InChI=1S/C11H17ClN2O2/c1-11(2,3)16-7-6-15-10-5-4-9(8-12)13-14-10/h4-5H,6-8H2,1-3H3. The van der Waals surface area contributed by atoms with Crippen molar-refractivity contribution in [3.05, 3.63) is 17.8 Å². The quantitative estimate of drug-likeness (QED) is 0.589. The Morgan fingerprint density at radius 3 is 2.44 bits per heavy atom. The summed E-state index contributed by atoms with van der Waals surface area (Å²) in [5.74, 6) is 0.854. The molecule has 0 N–H and O–H groups in total. The van der Waals surface area contributed by atoms with E-state index in [9.17, 15) is 0 Å². The van der Waals surface area contributed by atoms with Gasteiger partial charge in [-0.2, -0.15) is 5.10 Å². The van der Waals surface area contributed by atoms with E-state index in [4.69, 9.17) is 21.1 Å². The number of hydrogen-bond donors (Lipinski definition) is 0. The monoisotopic (exact) mass is 244 g/mol. The highest BCUT2D eigenvalue weighted by Gasteiger charge is 2.09. The van der Waals surface area contributed by atoms with Gasteiger partial charge in [-0.25, -0.2) is 0 Å². The molecule has 1 heterocycles. The molecule has 0 radical (unpaired) electrons. The fourth-order valence-corrected chi connectivity index (χ4v) is 1.13. The van der Waals surface area contributed by atoms with Gasteiger partial charge in [-0.05, 0) is 26.8 Å². The number of rotatable bonds is 5. The molecule has 0 aliphatic carbocycles. The highest BCUT2D eigenvalue weighted by molar-refractivity contribution is 6.16. The fourth-order valence-electron chi connectivity index (χ4n) is 0.990. The molecule has 5 heteroatoms. The molecule has 1 aromatic rings. The van der Waals surface area contributed by atoms with Crippen molar-refractivity contribution in [2.24, 2.45) is 0 Å². The van der Waals surface area contributed by atoms with E-state index in [-0.39, 0.29) is 5.60 Å². The summed E-state index contributed by atoms with van der Waals surface area (Å²) in [5, 5.41) is 7.75. The van der Waals surface area contributed by atoms with Gasteiger partial charge in [-0.15, -0.1) is 16.7 Å². The Labute approximate surface area is 101 Å². The number of aromatic nitrogens is 2. The zero-order chi connectivity index (χ0) is 12.0. The lowest BCUT2D eigenvalue weighted by Crippen LogP contribution is -2.22. The molecule has 0 unspecified atom stereocenters. The molecule has 0 spiro atoms. The minimum atomic E-state index is -0.141. The second-order valence-corrected chi connectivity index (χ2v) is 4.57. The van der Waals surface area contributed by atoms with Crippen molar-refractivity contribution in [3.8, 4) is 5.88 Å². The van der Waals surface area contributed by atoms with Gasteiger partial charge in [0.25, 0.3) is 0 Å². The Kier molecular flexibility index (Phi) is 4.96. The van der Waals surface area contributed by atoms with E-state index < -0.39 is 0 Å². The molecule has 16 heavy (non-hydrogen) atoms. The van der Waals surface area contributed by atoms with E-state index in [1.807, 2.05) is 20.8 Å². The molecule has 0 atom stereocenters. The summed E-state index contributed by atoms with van der Waals surface area (Å²) in [4.78, 5) is 0. The summed E-state index contributed by atoms with van der Waals surface area (Å²) in [6.45, 7) is 7.00. The van der Waals surface area contributed by atoms with Gasteiger partial charge in [0.1, 0.15) is 6.61 Å². The van der Waals surface area contributed by atoms with E-state index in [0.717, 1.165) is 5.69 Å². The highest BCUT2D eigenvalue weighted by atomic mass is 35.5. The van der Waals surface area contributed by atoms with Crippen LogP contribution in [0.3, 0.4) is 0 Å². The maximum atomic E-state index is 5.59. The van der Waals surface area contributed by atoms with Crippen LogP contribution in [0.5, 0.6) is 5.88 Å². The maximum Gasteiger partial charge on any atom is 0.233 e. The zero-order valence-electron chi connectivity index (χ0n) is 9.86. The van der Waals surface area contributed by atoms with Crippen molar-refractivity contribution in [1.82, 2.24) is 10.2 Å². The van der Waals surface area contributed by atoms with E-state index in [1.165, 1.54) is 0 Å². The first-order valence-electron chi connectivity index (χ1n) is 5.16. The van der Waals surface area contributed by atoms with E-state index >= 15 is 0 Å². The average molecular weight is 245 g/mol. The van der Waals surface area contributed by atoms with Crippen LogP contribution >= 0.6 is 11.6 Å². The molecule has 4 nitrogen and oxygen atoms in total. The molecule has 0 fully saturated rings. The summed E-state index contributed by atoms with van der Waals surface area (Å²) in [6.07, 6.45) is 0. The zero-order valence-corrected chi connectivity index (χ0v) is 10.6. The van der Waals surface area contributed by atoms with E-state index in [1.54, 1.807) is 12.1 Å². The Balaban J connectivity index is 2.27. The maximum absolute atomic E-state index is 5.59. The molecule has 0 aliphatic heterocycles. The number of ether oxygens (including phenoxy) is 2. The topological polar surface area (TPSA) is 44.2 Å². The minimum Gasteiger partial charge on any atom is -0.474 e. The van der Waals surface area contributed by atoms with Crippen LogP contribution in [0.15, 0.2) is 12.1 Å². The summed E-state index contributed by atoms with van der Waals surface area (Å²) in [7, 11) is 0. The van der Waals surface area contributed by atoms with Gasteiger partial charge in [-0.3, -0.25) is 0 Å². The molecule has 0 aliphatic rings. The lowest BCUT2D eigenvalue weighted by molar-refractivity contribution is -0.0169. The Hall–Kier alpha value is -0.870. The van der Waals surface area contributed by atoms with Crippen LogP contribution in [0.2, 0.25) is 0 Å². The molecule has 0 saturated carbocycles. The molecule has 1 rings (SSSR count). The summed E-state index contributed by atoms with van der Waals surface area (Å²) in [6, 6.07) is 3.54. The van der Waals surface area contributed by atoms with Gasteiger partial charge in [0.05, 0.1) is 23.8 Å². The molecule has 0 bridgehead atoms. The SMILES string of the molecule is CC(C)(C)OCCOc1ccc(CCl)nn1. The van der Waals surface area contributed by atoms with Gasteiger partial charge in [0, 0.05) is 6.07 Å². The third kappa shape index (κ3) is 5.28.